The first-order valence-corrected chi connectivity index (χ1v) is 9.58. The zero-order valence-electron chi connectivity index (χ0n) is 15.5. The van der Waals surface area contributed by atoms with Crippen LogP contribution in [0.1, 0.15) is 25.3 Å². The van der Waals surface area contributed by atoms with Gasteiger partial charge in [0.15, 0.2) is 11.5 Å². The van der Waals surface area contributed by atoms with Gasteiger partial charge < -0.3 is 19.1 Å². The maximum absolute atomic E-state index is 12.4. The molecule has 0 saturated carbocycles. The number of carbonyl (C=O) groups excluding carboxylic acids is 1. The van der Waals surface area contributed by atoms with Gasteiger partial charge in [-0.15, -0.1) is 0 Å². The van der Waals surface area contributed by atoms with Crippen LogP contribution in [0.4, 0.5) is 0 Å². The van der Waals surface area contributed by atoms with Crippen molar-refractivity contribution in [1.29, 1.82) is 0 Å². The number of hydrogen-bond acceptors (Lipinski definition) is 5. The Morgan fingerprint density at radius 2 is 1.92 bits per heavy atom. The number of hydrogen-bond donors (Lipinski definition) is 0. The number of benzene rings is 1. The second-order valence-electron chi connectivity index (χ2n) is 7.94. The van der Waals surface area contributed by atoms with Crippen molar-refractivity contribution in [2.45, 2.75) is 26.2 Å². The molecule has 1 amide bonds. The number of nitrogens with zero attached hydrogens (tertiary/aromatic N) is 2. The number of morpholine rings is 1. The van der Waals surface area contributed by atoms with Gasteiger partial charge in [0.2, 0.25) is 12.7 Å². The summed E-state index contributed by atoms with van der Waals surface area (Å²) in [7, 11) is 0. The van der Waals surface area contributed by atoms with Crippen molar-refractivity contribution in [3.8, 4) is 11.5 Å². The number of carbonyl (C=O) groups is 1. The first kappa shape index (κ1) is 17.6. The van der Waals surface area contributed by atoms with Gasteiger partial charge >= 0.3 is 0 Å². The van der Waals surface area contributed by atoms with Crippen molar-refractivity contribution >= 4 is 5.91 Å². The zero-order chi connectivity index (χ0) is 18.0. The smallest absolute Gasteiger partial charge is 0.231 e. The van der Waals surface area contributed by atoms with Crippen LogP contribution in [0.3, 0.4) is 0 Å². The second-order valence-corrected chi connectivity index (χ2v) is 7.94. The third kappa shape index (κ3) is 3.96. The SMILES string of the molecule is C[C@]1(Cc2ccc3c(c2)OCO3)CCC(=O)N(CCN2CCOCC2)C1. The van der Waals surface area contributed by atoms with E-state index in [1.807, 2.05) is 6.07 Å². The standard InChI is InChI=1S/C20H28N2O4/c1-20(13-16-2-3-17-18(12-16)26-15-25-17)5-4-19(23)22(14-20)7-6-21-8-10-24-11-9-21/h2-3,12H,4-11,13-15H2,1H3/t20-/m1/s1. The first-order chi connectivity index (χ1) is 12.6. The van der Waals surface area contributed by atoms with Gasteiger partial charge in [0, 0.05) is 39.1 Å². The molecule has 0 N–H and O–H groups in total. The number of piperidine rings is 1. The maximum Gasteiger partial charge on any atom is 0.231 e. The molecule has 1 atom stereocenters. The normalized spacial score (nSPS) is 26.3. The molecule has 26 heavy (non-hydrogen) atoms. The predicted molar refractivity (Wildman–Crippen MR) is 97.4 cm³/mol. The van der Waals surface area contributed by atoms with Gasteiger partial charge in [-0.05, 0) is 36.0 Å². The summed E-state index contributed by atoms with van der Waals surface area (Å²) in [6, 6.07) is 6.19. The van der Waals surface area contributed by atoms with E-state index in [9.17, 15) is 4.79 Å². The van der Waals surface area contributed by atoms with Crippen molar-refractivity contribution in [3.63, 3.8) is 0 Å². The Labute approximate surface area is 155 Å². The minimum atomic E-state index is 0.104. The van der Waals surface area contributed by atoms with E-state index < -0.39 is 0 Å². The van der Waals surface area contributed by atoms with Crippen LogP contribution in [-0.2, 0) is 16.0 Å². The van der Waals surface area contributed by atoms with Gasteiger partial charge in [0.05, 0.1) is 13.2 Å². The lowest BCUT2D eigenvalue weighted by Gasteiger charge is -2.41. The monoisotopic (exact) mass is 360 g/mol. The van der Waals surface area contributed by atoms with E-state index in [2.05, 4.69) is 28.9 Å². The molecule has 2 fully saturated rings. The van der Waals surface area contributed by atoms with E-state index in [1.165, 1.54) is 5.56 Å². The summed E-state index contributed by atoms with van der Waals surface area (Å²) in [4.78, 5) is 16.9. The lowest BCUT2D eigenvalue weighted by atomic mass is 9.76. The average molecular weight is 360 g/mol. The number of amides is 1. The Bertz CT molecular complexity index is 659. The van der Waals surface area contributed by atoms with Crippen molar-refractivity contribution < 1.29 is 19.0 Å². The third-order valence-corrected chi connectivity index (χ3v) is 5.73. The molecule has 0 radical (unpaired) electrons. The number of fused-ring (bicyclic) bond motifs is 1. The van der Waals surface area contributed by atoms with Gasteiger partial charge in [0.25, 0.3) is 0 Å². The number of likely N-dealkylation sites (tertiary alicyclic amines) is 1. The molecule has 6 nitrogen and oxygen atoms in total. The Morgan fingerprint density at radius 3 is 2.77 bits per heavy atom. The lowest BCUT2D eigenvalue weighted by Crippen LogP contribution is -2.49. The molecule has 3 aliphatic rings. The van der Waals surface area contributed by atoms with E-state index in [1.54, 1.807) is 0 Å². The van der Waals surface area contributed by atoms with Gasteiger partial charge in [-0.1, -0.05) is 13.0 Å². The number of rotatable bonds is 5. The molecule has 0 bridgehead atoms. The van der Waals surface area contributed by atoms with Crippen molar-refractivity contribution in [2.75, 3.05) is 52.7 Å². The summed E-state index contributed by atoms with van der Waals surface area (Å²) < 4.78 is 16.3. The first-order valence-electron chi connectivity index (χ1n) is 9.58. The van der Waals surface area contributed by atoms with Crippen LogP contribution in [0.5, 0.6) is 11.5 Å². The van der Waals surface area contributed by atoms with Crippen molar-refractivity contribution in [2.24, 2.45) is 5.41 Å². The Morgan fingerprint density at radius 1 is 1.12 bits per heavy atom. The fraction of sp³-hybridized carbons (Fsp3) is 0.650. The molecule has 0 aliphatic carbocycles. The highest BCUT2D eigenvalue weighted by Gasteiger charge is 2.35. The van der Waals surface area contributed by atoms with Crippen LogP contribution in [0, 0.1) is 5.41 Å². The Hall–Kier alpha value is -1.79. The van der Waals surface area contributed by atoms with Crippen molar-refractivity contribution in [3.05, 3.63) is 23.8 Å². The molecule has 2 saturated heterocycles. The molecule has 6 heteroatoms. The molecule has 1 aromatic carbocycles. The topological polar surface area (TPSA) is 51.2 Å². The molecule has 0 spiro atoms. The summed E-state index contributed by atoms with van der Waals surface area (Å²) in [6.07, 6.45) is 2.53. The Balaban J connectivity index is 1.37. The molecule has 142 valence electrons. The summed E-state index contributed by atoms with van der Waals surface area (Å²) in [5.41, 5.74) is 1.35. The summed E-state index contributed by atoms with van der Waals surface area (Å²) >= 11 is 0. The zero-order valence-corrected chi connectivity index (χ0v) is 15.5. The minimum absolute atomic E-state index is 0.104. The predicted octanol–water partition coefficient (Wildman–Crippen LogP) is 1.92. The highest BCUT2D eigenvalue weighted by Crippen LogP contribution is 2.37. The second kappa shape index (κ2) is 7.45. The Kier molecular flexibility index (Phi) is 5.05. The molecule has 3 heterocycles. The average Bonchev–Trinajstić information content (AvgIpc) is 3.11. The summed E-state index contributed by atoms with van der Waals surface area (Å²) in [6.45, 7) is 8.72. The molecular formula is C20H28N2O4. The van der Waals surface area contributed by atoms with Gasteiger partial charge in [-0.25, -0.2) is 0 Å². The summed E-state index contributed by atoms with van der Waals surface area (Å²) in [5, 5.41) is 0. The van der Waals surface area contributed by atoms with E-state index in [0.717, 1.165) is 70.3 Å². The van der Waals surface area contributed by atoms with Gasteiger partial charge in [-0.3, -0.25) is 9.69 Å². The molecule has 1 aromatic rings. The molecule has 4 rings (SSSR count). The van der Waals surface area contributed by atoms with Crippen LogP contribution in [-0.4, -0.2) is 68.4 Å². The van der Waals surface area contributed by atoms with Crippen LogP contribution < -0.4 is 9.47 Å². The fourth-order valence-corrected chi connectivity index (χ4v) is 4.17. The van der Waals surface area contributed by atoms with Crippen LogP contribution in [0.2, 0.25) is 0 Å². The highest BCUT2D eigenvalue weighted by atomic mass is 16.7. The molecule has 0 unspecified atom stereocenters. The third-order valence-electron chi connectivity index (χ3n) is 5.73. The van der Waals surface area contributed by atoms with Crippen LogP contribution >= 0.6 is 0 Å². The fourth-order valence-electron chi connectivity index (χ4n) is 4.17. The molecule has 3 aliphatic heterocycles. The van der Waals surface area contributed by atoms with E-state index >= 15 is 0 Å². The molecule has 0 aromatic heterocycles. The van der Waals surface area contributed by atoms with E-state index in [0.29, 0.717) is 19.1 Å². The maximum atomic E-state index is 12.4. The highest BCUT2D eigenvalue weighted by molar-refractivity contribution is 5.77. The largest absolute Gasteiger partial charge is 0.454 e. The minimum Gasteiger partial charge on any atom is -0.454 e. The lowest BCUT2D eigenvalue weighted by molar-refractivity contribution is -0.137. The van der Waals surface area contributed by atoms with Gasteiger partial charge in [-0.2, -0.15) is 0 Å². The summed E-state index contributed by atoms with van der Waals surface area (Å²) in [5.74, 6) is 1.95. The van der Waals surface area contributed by atoms with Crippen molar-refractivity contribution in [1.82, 2.24) is 9.80 Å². The number of ether oxygens (including phenoxy) is 3. The van der Waals surface area contributed by atoms with Crippen LogP contribution in [0.15, 0.2) is 18.2 Å². The quantitative estimate of drug-likeness (QED) is 0.803. The van der Waals surface area contributed by atoms with Crippen LogP contribution in [0.25, 0.3) is 0 Å². The van der Waals surface area contributed by atoms with E-state index in [-0.39, 0.29) is 5.41 Å². The molecular weight excluding hydrogens is 332 g/mol. The van der Waals surface area contributed by atoms with Gasteiger partial charge in [0.1, 0.15) is 0 Å². The van der Waals surface area contributed by atoms with E-state index in [4.69, 9.17) is 14.2 Å².